The standard InChI is InChI=1S/C6H8N2S/c1-5(9)6-3-2-4-7-8-6/h2-5,9H,1H3. The Bertz CT molecular complexity index is 174. The Hall–Kier alpha value is -0.570. The highest BCUT2D eigenvalue weighted by molar-refractivity contribution is 7.80. The van der Waals surface area contributed by atoms with Gasteiger partial charge >= 0.3 is 0 Å². The maximum absolute atomic E-state index is 4.19. The van der Waals surface area contributed by atoms with Crippen LogP contribution in [0.25, 0.3) is 0 Å². The maximum Gasteiger partial charge on any atom is 0.0755 e. The van der Waals surface area contributed by atoms with Crippen molar-refractivity contribution in [2.75, 3.05) is 0 Å². The van der Waals surface area contributed by atoms with Crippen molar-refractivity contribution in [1.29, 1.82) is 0 Å². The van der Waals surface area contributed by atoms with Crippen LogP contribution < -0.4 is 0 Å². The highest BCUT2D eigenvalue weighted by Gasteiger charge is 1.97. The first kappa shape index (κ1) is 6.55. The lowest BCUT2D eigenvalue weighted by molar-refractivity contribution is 0.909. The minimum Gasteiger partial charge on any atom is -0.170 e. The molecule has 0 spiro atoms. The average Bonchev–Trinajstić information content (AvgIpc) is 1.90. The van der Waals surface area contributed by atoms with Gasteiger partial charge in [-0.3, -0.25) is 0 Å². The molecule has 0 aliphatic carbocycles. The summed E-state index contributed by atoms with van der Waals surface area (Å²) >= 11 is 4.19. The van der Waals surface area contributed by atoms with Gasteiger partial charge in [0.25, 0.3) is 0 Å². The van der Waals surface area contributed by atoms with E-state index in [-0.39, 0.29) is 5.25 Å². The number of hydrogen-bond donors (Lipinski definition) is 1. The van der Waals surface area contributed by atoms with Crippen LogP contribution in [0.1, 0.15) is 17.9 Å². The molecular weight excluding hydrogens is 132 g/mol. The number of thiol groups is 1. The molecule has 0 bridgehead atoms. The quantitative estimate of drug-likeness (QED) is 0.598. The molecule has 0 radical (unpaired) electrons. The molecule has 2 nitrogen and oxygen atoms in total. The van der Waals surface area contributed by atoms with Gasteiger partial charge in [-0.1, -0.05) is 0 Å². The van der Waals surface area contributed by atoms with E-state index in [1.54, 1.807) is 6.20 Å². The van der Waals surface area contributed by atoms with Crippen molar-refractivity contribution in [2.45, 2.75) is 12.2 Å². The van der Waals surface area contributed by atoms with Gasteiger partial charge in [0.05, 0.1) is 5.69 Å². The van der Waals surface area contributed by atoms with Crippen molar-refractivity contribution in [3.05, 3.63) is 24.0 Å². The summed E-state index contributed by atoms with van der Waals surface area (Å²) in [5.74, 6) is 0. The molecule has 48 valence electrons. The molecule has 0 saturated heterocycles. The molecule has 0 aliphatic rings. The van der Waals surface area contributed by atoms with Gasteiger partial charge in [-0.15, -0.1) is 0 Å². The van der Waals surface area contributed by atoms with Crippen LogP contribution in [0.5, 0.6) is 0 Å². The van der Waals surface area contributed by atoms with E-state index in [1.165, 1.54) is 0 Å². The molecule has 0 aromatic carbocycles. The van der Waals surface area contributed by atoms with Crippen LogP contribution in [-0.2, 0) is 0 Å². The van der Waals surface area contributed by atoms with E-state index in [1.807, 2.05) is 19.1 Å². The van der Waals surface area contributed by atoms with Crippen molar-refractivity contribution < 1.29 is 0 Å². The molecule has 1 unspecified atom stereocenters. The third kappa shape index (κ3) is 1.68. The van der Waals surface area contributed by atoms with Crippen LogP contribution in [0.3, 0.4) is 0 Å². The van der Waals surface area contributed by atoms with Crippen LogP contribution in [0, 0.1) is 0 Å². The fraction of sp³-hybridized carbons (Fsp3) is 0.333. The van der Waals surface area contributed by atoms with E-state index < -0.39 is 0 Å². The van der Waals surface area contributed by atoms with Crippen LogP contribution >= 0.6 is 12.6 Å². The minimum absolute atomic E-state index is 0.179. The van der Waals surface area contributed by atoms with Gasteiger partial charge in [0.1, 0.15) is 0 Å². The average molecular weight is 140 g/mol. The molecule has 3 heteroatoms. The second-order valence-corrected chi connectivity index (χ2v) is 2.60. The zero-order valence-electron chi connectivity index (χ0n) is 5.15. The molecule has 1 aromatic rings. The first-order valence-corrected chi connectivity index (χ1v) is 3.28. The van der Waals surface area contributed by atoms with Crippen LogP contribution in [0.2, 0.25) is 0 Å². The SMILES string of the molecule is CC(S)c1cccnn1. The predicted molar refractivity (Wildman–Crippen MR) is 39.4 cm³/mol. The lowest BCUT2D eigenvalue weighted by Crippen LogP contribution is -1.90. The molecule has 1 rings (SSSR count). The fourth-order valence-electron chi connectivity index (χ4n) is 0.536. The smallest absolute Gasteiger partial charge is 0.0755 e. The summed E-state index contributed by atoms with van der Waals surface area (Å²) in [5, 5.41) is 7.74. The summed E-state index contributed by atoms with van der Waals surface area (Å²) in [6.07, 6.45) is 1.65. The molecule has 1 atom stereocenters. The minimum atomic E-state index is 0.179. The third-order valence-electron chi connectivity index (χ3n) is 1.02. The van der Waals surface area contributed by atoms with E-state index in [0.717, 1.165) is 5.69 Å². The van der Waals surface area contributed by atoms with Gasteiger partial charge in [0.2, 0.25) is 0 Å². The Morgan fingerprint density at radius 3 is 2.78 bits per heavy atom. The molecule has 0 N–H and O–H groups in total. The monoisotopic (exact) mass is 140 g/mol. The molecule has 0 saturated carbocycles. The second kappa shape index (κ2) is 2.82. The third-order valence-corrected chi connectivity index (χ3v) is 1.29. The summed E-state index contributed by atoms with van der Waals surface area (Å²) < 4.78 is 0. The van der Waals surface area contributed by atoms with E-state index >= 15 is 0 Å². The number of hydrogen-bond acceptors (Lipinski definition) is 3. The summed E-state index contributed by atoms with van der Waals surface area (Å²) in [7, 11) is 0. The van der Waals surface area contributed by atoms with Gasteiger partial charge in [0, 0.05) is 11.4 Å². The molecule has 1 aromatic heterocycles. The van der Waals surface area contributed by atoms with E-state index in [9.17, 15) is 0 Å². The Morgan fingerprint density at radius 1 is 1.67 bits per heavy atom. The van der Waals surface area contributed by atoms with Crippen molar-refractivity contribution >= 4 is 12.6 Å². The zero-order chi connectivity index (χ0) is 6.69. The summed E-state index contributed by atoms with van der Waals surface area (Å²) in [4.78, 5) is 0. The van der Waals surface area contributed by atoms with Gasteiger partial charge in [-0.2, -0.15) is 22.8 Å². The molecule has 0 amide bonds. The second-order valence-electron chi connectivity index (χ2n) is 1.82. The molecular formula is C6H8N2S. The van der Waals surface area contributed by atoms with Gasteiger partial charge < -0.3 is 0 Å². The van der Waals surface area contributed by atoms with Crippen LogP contribution in [-0.4, -0.2) is 10.2 Å². The lowest BCUT2D eigenvalue weighted by Gasteiger charge is -1.98. The Balaban J connectivity index is 2.85. The molecule has 0 fully saturated rings. The van der Waals surface area contributed by atoms with E-state index in [2.05, 4.69) is 22.8 Å². The first-order valence-electron chi connectivity index (χ1n) is 2.76. The Morgan fingerprint density at radius 2 is 2.44 bits per heavy atom. The topological polar surface area (TPSA) is 25.8 Å². The first-order chi connectivity index (χ1) is 4.30. The Kier molecular flexibility index (Phi) is 2.05. The summed E-state index contributed by atoms with van der Waals surface area (Å²) in [6, 6.07) is 3.76. The highest BCUT2D eigenvalue weighted by atomic mass is 32.1. The molecule has 1 heterocycles. The van der Waals surface area contributed by atoms with E-state index in [4.69, 9.17) is 0 Å². The fourth-order valence-corrected chi connectivity index (χ4v) is 0.674. The number of rotatable bonds is 1. The van der Waals surface area contributed by atoms with Crippen molar-refractivity contribution in [3.63, 3.8) is 0 Å². The van der Waals surface area contributed by atoms with Crippen LogP contribution in [0.15, 0.2) is 18.3 Å². The molecule has 9 heavy (non-hydrogen) atoms. The summed E-state index contributed by atoms with van der Waals surface area (Å²) in [6.45, 7) is 1.97. The van der Waals surface area contributed by atoms with Crippen LogP contribution in [0.4, 0.5) is 0 Å². The predicted octanol–water partition coefficient (Wildman–Crippen LogP) is 1.47. The summed E-state index contributed by atoms with van der Waals surface area (Å²) in [5.41, 5.74) is 0.917. The van der Waals surface area contributed by atoms with E-state index in [0.29, 0.717) is 0 Å². The number of nitrogens with zero attached hydrogens (tertiary/aromatic N) is 2. The Labute approximate surface area is 59.7 Å². The lowest BCUT2D eigenvalue weighted by atomic mass is 10.3. The van der Waals surface area contributed by atoms with Crippen molar-refractivity contribution in [1.82, 2.24) is 10.2 Å². The zero-order valence-corrected chi connectivity index (χ0v) is 6.05. The van der Waals surface area contributed by atoms with Gasteiger partial charge in [-0.25, -0.2) is 0 Å². The highest BCUT2D eigenvalue weighted by Crippen LogP contribution is 2.13. The largest absolute Gasteiger partial charge is 0.170 e. The van der Waals surface area contributed by atoms with Crippen molar-refractivity contribution in [3.8, 4) is 0 Å². The molecule has 0 aliphatic heterocycles. The maximum atomic E-state index is 4.19. The number of aromatic nitrogens is 2. The van der Waals surface area contributed by atoms with Gasteiger partial charge in [0.15, 0.2) is 0 Å². The van der Waals surface area contributed by atoms with Crippen molar-refractivity contribution in [2.24, 2.45) is 0 Å². The van der Waals surface area contributed by atoms with Gasteiger partial charge in [-0.05, 0) is 19.1 Å². The normalized spacial score (nSPS) is 13.1.